The fraction of sp³-hybridized carbons (Fsp3) is 1.00. The van der Waals surface area contributed by atoms with Gasteiger partial charge >= 0.3 is 7.82 Å². The Kier molecular flexibility index (Phi) is 1.36. The molecule has 0 bridgehead atoms. The maximum absolute atomic E-state index is 10.4. The minimum absolute atomic E-state index is 0.954. The zero-order valence-electron chi connectivity index (χ0n) is 3.81. The highest BCUT2D eigenvalue weighted by Crippen LogP contribution is 2.57. The second-order valence-corrected chi connectivity index (χ2v) is 2.66. The van der Waals surface area contributed by atoms with E-state index < -0.39 is 14.2 Å². The molecular formula is CH5N2O4P. The van der Waals surface area contributed by atoms with Crippen LogP contribution < -0.4 is 11.6 Å². The molecule has 0 aromatic rings. The van der Waals surface area contributed by atoms with Crippen molar-refractivity contribution in [1.29, 1.82) is 0 Å². The van der Waals surface area contributed by atoms with Crippen LogP contribution in [0.3, 0.4) is 0 Å². The molecule has 6 nitrogen and oxygen atoms in total. The topological polar surface area (TPSA) is 96.8 Å². The molecule has 0 amide bonds. The summed E-state index contributed by atoms with van der Waals surface area (Å²) in [5, 5.41) is 0. The first-order valence-electron chi connectivity index (χ1n) is 1.77. The lowest BCUT2D eigenvalue weighted by Gasteiger charge is -2.28. The molecule has 8 heavy (non-hydrogen) atoms. The molecule has 0 aliphatic carbocycles. The van der Waals surface area contributed by atoms with Gasteiger partial charge in [0, 0.05) is 0 Å². The van der Waals surface area contributed by atoms with Crippen molar-refractivity contribution in [3.8, 4) is 0 Å². The maximum atomic E-state index is 10.4. The van der Waals surface area contributed by atoms with Crippen molar-refractivity contribution in [3.63, 3.8) is 0 Å². The Morgan fingerprint density at radius 1 is 1.62 bits per heavy atom. The van der Waals surface area contributed by atoms with Gasteiger partial charge in [0.05, 0.1) is 0 Å². The summed E-state index contributed by atoms with van der Waals surface area (Å²) in [6, 6.07) is 0. The van der Waals surface area contributed by atoms with Gasteiger partial charge in [0.2, 0.25) is 6.41 Å². The van der Waals surface area contributed by atoms with E-state index in [1.54, 1.807) is 0 Å². The quantitative estimate of drug-likeness (QED) is 0.368. The van der Waals surface area contributed by atoms with E-state index in [9.17, 15) is 4.57 Å². The number of hydrogen-bond donors (Lipinski definition) is 2. The zero-order valence-corrected chi connectivity index (χ0v) is 4.71. The van der Waals surface area contributed by atoms with Gasteiger partial charge in [-0.15, -0.1) is 0 Å². The van der Waals surface area contributed by atoms with Crippen molar-refractivity contribution in [2.24, 2.45) is 11.6 Å². The Morgan fingerprint density at radius 2 is 2.12 bits per heavy atom. The largest absolute Gasteiger partial charge is 0.497 e. The summed E-state index contributed by atoms with van der Waals surface area (Å²) in [5.74, 6) is 4.46. The number of hydrogen-bond acceptors (Lipinski definition) is 6. The summed E-state index contributed by atoms with van der Waals surface area (Å²) in [6.07, 6.45) is -0.954. The highest BCUT2D eigenvalue weighted by Gasteiger charge is 2.42. The van der Waals surface area contributed by atoms with Crippen LogP contribution in [0.25, 0.3) is 0 Å². The second kappa shape index (κ2) is 1.77. The van der Waals surface area contributed by atoms with E-state index in [0.717, 1.165) is 0 Å². The van der Waals surface area contributed by atoms with Gasteiger partial charge in [-0.3, -0.25) is 5.73 Å². The lowest BCUT2D eigenvalue weighted by Crippen LogP contribution is -2.35. The number of phosphoric acid groups is 1. The summed E-state index contributed by atoms with van der Waals surface area (Å²) in [7, 11) is -3.38. The summed E-state index contributed by atoms with van der Waals surface area (Å²) >= 11 is 0. The third-order valence-electron chi connectivity index (χ3n) is 0.595. The fourth-order valence-corrected chi connectivity index (χ4v) is 0.936. The first-order valence-corrected chi connectivity index (χ1v) is 3.23. The average molecular weight is 140 g/mol. The molecular weight excluding hydrogens is 135 g/mol. The van der Waals surface area contributed by atoms with Gasteiger partial charge in [-0.2, -0.15) is 0 Å². The van der Waals surface area contributed by atoms with Gasteiger partial charge in [-0.05, 0) is 0 Å². The molecule has 1 aliphatic heterocycles. The number of rotatable bonds is 1. The third-order valence-corrected chi connectivity index (χ3v) is 1.79. The number of phosphoric ester groups is 1. The van der Waals surface area contributed by atoms with Crippen molar-refractivity contribution >= 4 is 7.82 Å². The molecule has 1 rings (SSSR count). The van der Waals surface area contributed by atoms with Crippen molar-refractivity contribution in [3.05, 3.63) is 0 Å². The van der Waals surface area contributed by atoms with E-state index in [-0.39, 0.29) is 0 Å². The van der Waals surface area contributed by atoms with Gasteiger partial charge in [-0.1, -0.05) is 0 Å². The summed E-state index contributed by atoms with van der Waals surface area (Å²) < 4.78 is 22.6. The molecule has 48 valence electrons. The summed E-state index contributed by atoms with van der Waals surface area (Å²) in [6.45, 7) is 0. The summed E-state index contributed by atoms with van der Waals surface area (Å²) in [4.78, 5) is 0. The van der Waals surface area contributed by atoms with Gasteiger partial charge in [0.1, 0.15) is 0 Å². The molecule has 1 fully saturated rings. The molecule has 0 unspecified atom stereocenters. The van der Waals surface area contributed by atoms with E-state index in [1.165, 1.54) is 0 Å². The van der Waals surface area contributed by atoms with Crippen LogP contribution in [0.1, 0.15) is 0 Å². The fourth-order valence-electron chi connectivity index (χ4n) is 0.312. The van der Waals surface area contributed by atoms with E-state index in [0.29, 0.717) is 0 Å². The molecule has 0 aromatic carbocycles. The van der Waals surface area contributed by atoms with Crippen LogP contribution in [-0.4, -0.2) is 6.41 Å². The Balaban J connectivity index is 2.42. The van der Waals surface area contributed by atoms with E-state index in [2.05, 4.69) is 19.6 Å². The zero-order chi connectivity index (χ0) is 6.20. The third kappa shape index (κ3) is 0.899. The van der Waals surface area contributed by atoms with Crippen LogP contribution in [-0.2, 0) is 18.2 Å². The summed E-state index contributed by atoms with van der Waals surface area (Å²) in [5.41, 5.74) is 4.88. The lowest BCUT2D eigenvalue weighted by molar-refractivity contribution is -0.122. The van der Waals surface area contributed by atoms with Crippen LogP contribution in [0.15, 0.2) is 0 Å². The second-order valence-electron chi connectivity index (χ2n) is 1.13. The van der Waals surface area contributed by atoms with Crippen LogP contribution >= 0.6 is 7.82 Å². The van der Waals surface area contributed by atoms with Crippen LogP contribution in [0.5, 0.6) is 0 Å². The molecule has 7 heteroatoms. The van der Waals surface area contributed by atoms with Gasteiger partial charge in [-0.25, -0.2) is 24.1 Å². The Bertz CT molecular complexity index is 126. The van der Waals surface area contributed by atoms with E-state index >= 15 is 0 Å². The van der Waals surface area contributed by atoms with Gasteiger partial charge in [0.25, 0.3) is 0 Å². The Morgan fingerprint density at radius 3 is 2.25 bits per heavy atom. The van der Waals surface area contributed by atoms with Gasteiger partial charge < -0.3 is 0 Å². The first kappa shape index (κ1) is 6.15. The maximum Gasteiger partial charge on any atom is 0.497 e. The van der Waals surface area contributed by atoms with Crippen molar-refractivity contribution < 1.29 is 18.2 Å². The van der Waals surface area contributed by atoms with E-state index in [1.807, 2.05) is 0 Å². The Labute approximate surface area is 45.3 Å². The Hall–Kier alpha value is 0.0300. The van der Waals surface area contributed by atoms with E-state index in [4.69, 9.17) is 5.73 Å². The predicted octanol–water partition coefficient (Wildman–Crippen LogP) is -0.726. The minimum atomic E-state index is -3.38. The average Bonchev–Trinajstić information content (AvgIpc) is 1.63. The minimum Gasteiger partial charge on any atom is -0.282 e. The molecule has 4 N–H and O–H groups in total. The molecule has 1 saturated heterocycles. The van der Waals surface area contributed by atoms with Crippen LogP contribution in [0.2, 0.25) is 0 Å². The molecule has 1 aliphatic rings. The lowest BCUT2D eigenvalue weighted by atomic mass is 11.2. The molecule has 0 radical (unpaired) electrons. The highest BCUT2D eigenvalue weighted by molar-refractivity contribution is 7.49. The van der Waals surface area contributed by atoms with Crippen LogP contribution in [0, 0.1) is 0 Å². The molecule has 0 saturated carbocycles. The van der Waals surface area contributed by atoms with Crippen molar-refractivity contribution in [2.75, 3.05) is 0 Å². The molecule has 0 spiro atoms. The molecule has 0 aromatic heterocycles. The van der Waals surface area contributed by atoms with Crippen molar-refractivity contribution in [1.82, 2.24) is 0 Å². The highest BCUT2D eigenvalue weighted by atomic mass is 31.2. The van der Waals surface area contributed by atoms with Gasteiger partial charge in [0.15, 0.2) is 0 Å². The molecule has 0 atom stereocenters. The normalized spacial score (nSPS) is 46.0. The monoisotopic (exact) mass is 140 g/mol. The number of nitrogens with two attached hydrogens (primary N) is 2. The first-order chi connectivity index (χ1) is 3.66. The SMILES string of the molecule is NOP1(=O)OC(N)O1. The standard InChI is InChI=1S/CH5N2O4P/c2-1-5-8(4,6-1)7-3/h1H,2-3H2. The molecule has 1 heterocycles. The predicted molar refractivity (Wildman–Crippen MR) is 23.0 cm³/mol. The van der Waals surface area contributed by atoms with Crippen LogP contribution in [0.4, 0.5) is 0 Å². The smallest absolute Gasteiger partial charge is 0.282 e. The van der Waals surface area contributed by atoms with Crippen molar-refractivity contribution in [2.45, 2.75) is 6.41 Å².